The molecule has 5 aromatic carbocycles. The van der Waals surface area contributed by atoms with Crippen LogP contribution < -0.4 is 28.2 Å². The molecule has 5 heteroatoms. The Balaban J connectivity index is 0.00000202. The van der Waals surface area contributed by atoms with E-state index in [1.165, 1.54) is 44.8 Å². The molecule has 0 unspecified atom stereocenters. The Morgan fingerprint density at radius 1 is 0.667 bits per heavy atom. The number of hydrogen-bond acceptors (Lipinski definition) is 3. The second-order valence-corrected chi connectivity index (χ2v) is 9.94. The first-order valence-electron chi connectivity index (χ1n) is 13.8. The van der Waals surface area contributed by atoms with Crippen LogP contribution in [0.1, 0.15) is 29.2 Å². The van der Waals surface area contributed by atoms with Crippen LogP contribution >= 0.6 is 0 Å². The monoisotopic (exact) mass is 573 g/mol. The van der Waals surface area contributed by atoms with Crippen molar-refractivity contribution in [1.29, 1.82) is 0 Å². The summed E-state index contributed by atoms with van der Waals surface area (Å²) in [5, 5.41) is 0. The number of anilines is 2. The molecule has 0 spiro atoms. The van der Waals surface area contributed by atoms with Crippen molar-refractivity contribution in [2.45, 2.75) is 6.92 Å². The molecule has 5 aromatic rings. The predicted molar refractivity (Wildman–Crippen MR) is 172 cm³/mol. The molecule has 42 heavy (non-hydrogen) atoms. The number of fused-ring (bicyclic) bond motifs is 1. The fraction of sp³-hybridized carbons (Fsp3) is 0.108. The molecule has 0 bridgehead atoms. The molecule has 0 saturated heterocycles. The van der Waals surface area contributed by atoms with Gasteiger partial charge < -0.3 is 28.2 Å². The highest BCUT2D eigenvalue weighted by atomic mass is 35.5. The fourth-order valence-electron chi connectivity index (χ4n) is 5.57. The lowest BCUT2D eigenvalue weighted by Crippen LogP contribution is -3.00. The largest absolute Gasteiger partial charge is 1.00 e. The second-order valence-electron chi connectivity index (χ2n) is 9.94. The molecule has 1 aliphatic rings. The molecule has 0 aromatic heterocycles. The van der Waals surface area contributed by atoms with E-state index in [9.17, 15) is 0 Å². The van der Waals surface area contributed by atoms with Crippen molar-refractivity contribution in [3.63, 3.8) is 0 Å². The zero-order chi connectivity index (χ0) is 27.5. The smallest absolute Gasteiger partial charge is 0.221 e. The summed E-state index contributed by atoms with van der Waals surface area (Å²) in [5.41, 5.74) is 12.0. The van der Waals surface area contributed by atoms with Gasteiger partial charge in [-0.3, -0.25) is 0 Å². The molecule has 1 aliphatic heterocycles. The van der Waals surface area contributed by atoms with Gasteiger partial charge >= 0.3 is 0 Å². The topological polar surface area (TPSA) is 50.5 Å². The van der Waals surface area contributed by atoms with Gasteiger partial charge in [0.05, 0.1) is 17.7 Å². The summed E-state index contributed by atoms with van der Waals surface area (Å²) in [6.45, 7) is 2.67. The van der Waals surface area contributed by atoms with E-state index in [2.05, 4.69) is 145 Å². The molecule has 212 valence electrons. The summed E-state index contributed by atoms with van der Waals surface area (Å²) in [4.78, 5) is 2.20. The molecule has 0 fully saturated rings. The second kappa shape index (κ2) is 13.3. The number of halogens is 1. The highest BCUT2D eigenvalue weighted by Crippen LogP contribution is 2.43. The van der Waals surface area contributed by atoms with Crippen molar-refractivity contribution in [3.05, 3.63) is 156 Å². The van der Waals surface area contributed by atoms with Crippen LogP contribution in [0, 0.1) is 0 Å². The number of ether oxygens (including phenoxy) is 1. The van der Waals surface area contributed by atoms with Crippen molar-refractivity contribution in [1.82, 2.24) is 6.15 Å². The first-order chi connectivity index (χ1) is 19.7. The minimum atomic E-state index is 0. The molecule has 0 radical (unpaired) electrons. The highest BCUT2D eigenvalue weighted by molar-refractivity contribution is 6.38. The van der Waals surface area contributed by atoms with Crippen LogP contribution in [0.5, 0.6) is 5.75 Å². The minimum Gasteiger partial charge on any atom is -1.00 e. The van der Waals surface area contributed by atoms with Crippen LogP contribution in [0.3, 0.4) is 0 Å². The lowest BCUT2D eigenvalue weighted by molar-refractivity contribution is -0.400. The molecule has 3 N–H and O–H groups in total. The first kappa shape index (κ1) is 30.3. The lowest BCUT2D eigenvalue weighted by atomic mass is 9.86. The Morgan fingerprint density at radius 2 is 1.19 bits per heavy atom. The van der Waals surface area contributed by atoms with Crippen molar-refractivity contribution >= 4 is 33.9 Å². The Bertz CT molecular complexity index is 1690. The van der Waals surface area contributed by atoms with E-state index in [4.69, 9.17) is 4.74 Å². The van der Waals surface area contributed by atoms with Gasteiger partial charge in [-0.15, -0.1) is 0 Å². The maximum absolute atomic E-state index is 5.62. The summed E-state index contributed by atoms with van der Waals surface area (Å²) in [5.74, 6) is 0.890. The zero-order valence-electron chi connectivity index (χ0n) is 24.3. The lowest BCUT2D eigenvalue weighted by Gasteiger charge is -2.21. The van der Waals surface area contributed by atoms with Crippen LogP contribution in [0.25, 0.3) is 11.1 Å². The Morgan fingerprint density at radius 3 is 1.81 bits per heavy atom. The summed E-state index contributed by atoms with van der Waals surface area (Å²) in [6, 6.07) is 47.3. The maximum Gasteiger partial charge on any atom is 0.221 e. The number of rotatable bonds is 7. The minimum absolute atomic E-state index is 0. The van der Waals surface area contributed by atoms with Gasteiger partial charge in [-0.25, -0.2) is 0 Å². The van der Waals surface area contributed by atoms with Crippen molar-refractivity contribution in [2.75, 3.05) is 25.6 Å². The molecule has 4 nitrogen and oxygen atoms in total. The van der Waals surface area contributed by atoms with Crippen molar-refractivity contribution < 1.29 is 21.7 Å². The average molecular weight is 574 g/mol. The number of hydrogen-bond donors (Lipinski definition) is 1. The van der Waals surface area contributed by atoms with Crippen LogP contribution in [-0.4, -0.2) is 31.0 Å². The van der Waals surface area contributed by atoms with Gasteiger partial charge in [-0.2, -0.15) is 4.58 Å². The van der Waals surface area contributed by atoms with Crippen LogP contribution in [0.2, 0.25) is 0 Å². The van der Waals surface area contributed by atoms with E-state index in [0.717, 1.165) is 17.1 Å². The van der Waals surface area contributed by atoms with Gasteiger partial charge in [0.15, 0.2) is 0 Å². The van der Waals surface area contributed by atoms with E-state index in [-0.39, 0.29) is 18.6 Å². The first-order valence-corrected chi connectivity index (χ1v) is 13.8. The Kier molecular flexibility index (Phi) is 9.64. The third-order valence-corrected chi connectivity index (χ3v) is 7.54. The van der Waals surface area contributed by atoms with Gasteiger partial charge in [0.1, 0.15) is 12.8 Å². The molecule has 1 heterocycles. The summed E-state index contributed by atoms with van der Waals surface area (Å²) in [6.07, 6.45) is 0. The molecule has 0 atom stereocenters. The van der Waals surface area contributed by atoms with E-state index in [0.29, 0.717) is 6.61 Å². The zero-order valence-corrected chi connectivity index (χ0v) is 25.1. The molecular weight excluding hydrogens is 538 g/mol. The van der Waals surface area contributed by atoms with Gasteiger partial charge in [0, 0.05) is 35.6 Å². The SMILES string of the molecule is CCOc1ccc(N(C)c2ccc(C(=C3C(c4ccccc4)=[N+](C)c4ccccc43)c3ccccc3)cc2)cc1.N.[Cl-]. The Labute approximate surface area is 255 Å². The average Bonchev–Trinajstić information content (AvgIpc) is 3.30. The van der Waals surface area contributed by atoms with Crippen molar-refractivity contribution in [2.24, 2.45) is 0 Å². The van der Waals surface area contributed by atoms with E-state index >= 15 is 0 Å². The number of benzene rings is 5. The molecule has 0 amide bonds. The summed E-state index contributed by atoms with van der Waals surface area (Å²) >= 11 is 0. The third kappa shape index (κ3) is 5.73. The number of para-hydroxylation sites is 1. The highest BCUT2D eigenvalue weighted by Gasteiger charge is 2.36. The molecule has 0 aliphatic carbocycles. The fourth-order valence-corrected chi connectivity index (χ4v) is 5.57. The van der Waals surface area contributed by atoms with Crippen LogP contribution in [-0.2, 0) is 0 Å². The summed E-state index contributed by atoms with van der Waals surface area (Å²) in [7, 11) is 4.27. The number of nitrogens with zero attached hydrogens (tertiary/aromatic N) is 2. The molecular formula is C37H36ClN3O. The van der Waals surface area contributed by atoms with Gasteiger partial charge in [-0.05, 0) is 72.6 Å². The molecule has 6 rings (SSSR count). The maximum atomic E-state index is 5.62. The van der Waals surface area contributed by atoms with Crippen LogP contribution in [0.15, 0.2) is 133 Å². The third-order valence-electron chi connectivity index (χ3n) is 7.54. The van der Waals surface area contributed by atoms with Gasteiger partial charge in [0.25, 0.3) is 0 Å². The summed E-state index contributed by atoms with van der Waals surface area (Å²) < 4.78 is 7.95. The quantitative estimate of drug-likeness (QED) is 0.252. The van der Waals surface area contributed by atoms with Crippen molar-refractivity contribution in [3.8, 4) is 5.75 Å². The van der Waals surface area contributed by atoms with Gasteiger partial charge in [-0.1, -0.05) is 72.8 Å². The normalized spacial score (nSPS) is 13.0. The standard InChI is InChI=1S/C37H33N2O.ClH.H3N/c1-4-40-32-25-23-31(24-26-32)38(2)30-21-19-28(20-22-30)35(27-13-7-5-8-14-27)36-33-17-11-12-18-34(33)39(3)37(36)29-15-9-6-10-16-29;;/h5-26H,4H2,1-3H3;1H;1H3/q+1;;/p-1. The Hall–Kier alpha value is -4.64. The van der Waals surface area contributed by atoms with E-state index < -0.39 is 0 Å². The van der Waals surface area contributed by atoms with E-state index in [1.54, 1.807) is 0 Å². The van der Waals surface area contributed by atoms with E-state index in [1.807, 2.05) is 19.1 Å². The predicted octanol–water partition coefficient (Wildman–Crippen LogP) is 5.76. The molecule has 0 saturated carbocycles. The van der Waals surface area contributed by atoms with Gasteiger partial charge in [0.2, 0.25) is 11.4 Å². The van der Waals surface area contributed by atoms with Crippen LogP contribution in [0.4, 0.5) is 17.1 Å². The number of allylic oxidation sites excluding steroid dienone is 1.